The monoisotopic (exact) mass is 320 g/mol. The van der Waals surface area contributed by atoms with Crippen molar-refractivity contribution in [3.63, 3.8) is 0 Å². The van der Waals surface area contributed by atoms with E-state index < -0.39 is 0 Å². The van der Waals surface area contributed by atoms with Crippen molar-refractivity contribution in [2.24, 2.45) is 7.05 Å². The van der Waals surface area contributed by atoms with Gasteiger partial charge in [0.05, 0.1) is 23.5 Å². The maximum atomic E-state index is 13.3. The molecule has 5 nitrogen and oxygen atoms in total. The van der Waals surface area contributed by atoms with Crippen LogP contribution in [0.3, 0.4) is 0 Å². The molecule has 1 aromatic carbocycles. The number of hydrogen-bond acceptors (Lipinski definition) is 3. The Hall–Kier alpha value is -2.69. The second-order valence-electron chi connectivity index (χ2n) is 6.32. The molecule has 24 heavy (non-hydrogen) atoms. The van der Waals surface area contributed by atoms with Gasteiger partial charge in [-0.15, -0.1) is 0 Å². The summed E-state index contributed by atoms with van der Waals surface area (Å²) in [5.74, 6) is 0.0949. The standard InChI is InChI=1S/C19H20N4O/c1-13-18(14-6-3-4-7-16(14)22(13)2)19(24)23-11-5-8-17(23)15-12-20-9-10-21-15/h3-4,6-7,9-10,12,17H,5,8,11H2,1-2H3/t17-/m0/s1. The van der Waals surface area contributed by atoms with Crippen molar-refractivity contribution in [1.29, 1.82) is 0 Å². The predicted molar refractivity (Wildman–Crippen MR) is 92.7 cm³/mol. The SMILES string of the molecule is Cc1c(C(=O)N2CCC[C@H]2c2cnccn2)c2ccccc2n1C. The molecule has 0 saturated carbocycles. The summed E-state index contributed by atoms with van der Waals surface area (Å²) in [6.07, 6.45) is 7.07. The Kier molecular flexibility index (Phi) is 3.56. The second-order valence-corrected chi connectivity index (χ2v) is 6.32. The van der Waals surface area contributed by atoms with Gasteiger partial charge in [0.25, 0.3) is 5.91 Å². The van der Waals surface area contributed by atoms with Gasteiger partial charge in [-0.3, -0.25) is 14.8 Å². The molecule has 1 amide bonds. The first-order valence-corrected chi connectivity index (χ1v) is 8.29. The molecule has 1 fully saturated rings. The number of para-hydroxylation sites is 1. The number of hydrogen-bond donors (Lipinski definition) is 0. The van der Waals surface area contributed by atoms with Crippen LogP contribution in [0.4, 0.5) is 0 Å². The first kappa shape index (κ1) is 14.9. The lowest BCUT2D eigenvalue weighted by Crippen LogP contribution is -2.31. The van der Waals surface area contributed by atoms with Crippen LogP contribution in [0.5, 0.6) is 0 Å². The maximum Gasteiger partial charge on any atom is 0.256 e. The first-order valence-electron chi connectivity index (χ1n) is 8.29. The van der Waals surface area contributed by atoms with Crippen molar-refractivity contribution in [2.45, 2.75) is 25.8 Å². The molecule has 3 heterocycles. The van der Waals surface area contributed by atoms with Crippen molar-refractivity contribution < 1.29 is 4.79 Å². The van der Waals surface area contributed by atoms with Gasteiger partial charge in [-0.25, -0.2) is 0 Å². The molecule has 1 saturated heterocycles. The molecule has 1 atom stereocenters. The minimum absolute atomic E-state index is 0.0181. The molecule has 0 N–H and O–H groups in total. The molecule has 1 aliphatic rings. The third kappa shape index (κ3) is 2.19. The molecule has 3 aromatic rings. The maximum absolute atomic E-state index is 13.3. The van der Waals surface area contributed by atoms with Gasteiger partial charge in [0.1, 0.15) is 0 Å². The number of carbonyl (C=O) groups is 1. The molecular weight excluding hydrogens is 300 g/mol. The summed E-state index contributed by atoms with van der Waals surface area (Å²) in [6.45, 7) is 2.78. The lowest BCUT2D eigenvalue weighted by atomic mass is 10.1. The Morgan fingerprint density at radius 3 is 2.88 bits per heavy atom. The van der Waals surface area contributed by atoms with Gasteiger partial charge in [0.15, 0.2) is 0 Å². The van der Waals surface area contributed by atoms with Crippen LogP contribution in [0.15, 0.2) is 42.9 Å². The van der Waals surface area contributed by atoms with E-state index in [1.807, 2.05) is 37.1 Å². The zero-order valence-corrected chi connectivity index (χ0v) is 13.9. The number of benzene rings is 1. The molecule has 2 aromatic heterocycles. The lowest BCUT2D eigenvalue weighted by molar-refractivity contribution is 0.0733. The smallest absolute Gasteiger partial charge is 0.256 e. The molecular formula is C19H20N4O. The molecule has 0 unspecified atom stereocenters. The first-order chi connectivity index (χ1) is 11.7. The Labute approximate surface area is 140 Å². The average molecular weight is 320 g/mol. The van der Waals surface area contributed by atoms with E-state index in [1.54, 1.807) is 18.6 Å². The van der Waals surface area contributed by atoms with E-state index in [-0.39, 0.29) is 11.9 Å². The Morgan fingerprint density at radius 2 is 2.08 bits per heavy atom. The molecule has 5 heteroatoms. The zero-order chi connectivity index (χ0) is 16.7. The van der Waals surface area contributed by atoms with Crippen molar-refractivity contribution >= 4 is 16.8 Å². The van der Waals surface area contributed by atoms with Crippen LogP contribution in [-0.4, -0.2) is 31.9 Å². The van der Waals surface area contributed by atoms with E-state index >= 15 is 0 Å². The Morgan fingerprint density at radius 1 is 1.25 bits per heavy atom. The molecule has 0 bridgehead atoms. The quantitative estimate of drug-likeness (QED) is 0.728. The summed E-state index contributed by atoms with van der Waals surface area (Å²) in [5.41, 5.74) is 3.78. The predicted octanol–water partition coefficient (Wildman–Crippen LogP) is 3.25. The average Bonchev–Trinajstić information content (AvgIpc) is 3.20. The van der Waals surface area contributed by atoms with E-state index in [4.69, 9.17) is 0 Å². The van der Waals surface area contributed by atoms with Crippen LogP contribution in [0.2, 0.25) is 0 Å². The Bertz CT molecular complexity index is 900. The normalized spacial score (nSPS) is 17.6. The van der Waals surface area contributed by atoms with Gasteiger partial charge >= 0.3 is 0 Å². The number of fused-ring (bicyclic) bond motifs is 1. The Balaban J connectivity index is 1.78. The third-order valence-corrected chi connectivity index (χ3v) is 5.05. The number of aryl methyl sites for hydroxylation is 1. The highest BCUT2D eigenvalue weighted by atomic mass is 16.2. The summed E-state index contributed by atoms with van der Waals surface area (Å²) in [5, 5.41) is 1.02. The van der Waals surface area contributed by atoms with Gasteiger partial charge in [-0.2, -0.15) is 0 Å². The van der Waals surface area contributed by atoms with Crippen LogP contribution in [0.25, 0.3) is 10.9 Å². The fourth-order valence-corrected chi connectivity index (χ4v) is 3.73. The minimum atomic E-state index is 0.0181. The summed E-state index contributed by atoms with van der Waals surface area (Å²) in [7, 11) is 2.01. The fourth-order valence-electron chi connectivity index (χ4n) is 3.73. The van der Waals surface area contributed by atoms with Gasteiger partial charge in [0.2, 0.25) is 0 Å². The van der Waals surface area contributed by atoms with Crippen LogP contribution in [-0.2, 0) is 7.05 Å². The van der Waals surface area contributed by atoms with E-state index in [0.29, 0.717) is 0 Å². The van der Waals surface area contributed by atoms with Gasteiger partial charge in [-0.05, 0) is 25.8 Å². The number of carbonyl (C=O) groups excluding carboxylic acids is 1. The highest BCUT2D eigenvalue weighted by Gasteiger charge is 2.33. The highest BCUT2D eigenvalue weighted by molar-refractivity contribution is 6.08. The molecule has 0 spiro atoms. The van der Waals surface area contributed by atoms with Gasteiger partial charge in [0, 0.05) is 42.6 Å². The third-order valence-electron chi connectivity index (χ3n) is 5.05. The van der Waals surface area contributed by atoms with Crippen molar-refractivity contribution in [3.8, 4) is 0 Å². The number of rotatable bonds is 2. The van der Waals surface area contributed by atoms with Crippen molar-refractivity contribution in [2.75, 3.05) is 6.54 Å². The number of amides is 1. The van der Waals surface area contributed by atoms with E-state index in [0.717, 1.165) is 47.2 Å². The zero-order valence-electron chi connectivity index (χ0n) is 13.9. The largest absolute Gasteiger partial charge is 0.347 e. The number of likely N-dealkylation sites (tertiary alicyclic amines) is 1. The van der Waals surface area contributed by atoms with Crippen LogP contribution in [0, 0.1) is 6.92 Å². The molecule has 4 rings (SSSR count). The minimum Gasteiger partial charge on any atom is -0.347 e. The summed E-state index contributed by atoms with van der Waals surface area (Å²) in [6, 6.07) is 8.10. The highest BCUT2D eigenvalue weighted by Crippen LogP contribution is 2.34. The van der Waals surface area contributed by atoms with Gasteiger partial charge in [-0.1, -0.05) is 18.2 Å². The lowest BCUT2D eigenvalue weighted by Gasteiger charge is -2.24. The van der Waals surface area contributed by atoms with E-state index in [2.05, 4.69) is 20.6 Å². The van der Waals surface area contributed by atoms with Crippen LogP contribution >= 0.6 is 0 Å². The second kappa shape index (κ2) is 5.74. The van der Waals surface area contributed by atoms with Crippen LogP contribution < -0.4 is 0 Å². The summed E-state index contributed by atoms with van der Waals surface area (Å²) in [4.78, 5) is 23.9. The molecule has 1 aliphatic heterocycles. The molecule has 122 valence electrons. The van der Waals surface area contributed by atoms with E-state index in [1.165, 1.54) is 0 Å². The van der Waals surface area contributed by atoms with Gasteiger partial charge < -0.3 is 9.47 Å². The summed E-state index contributed by atoms with van der Waals surface area (Å²) >= 11 is 0. The van der Waals surface area contributed by atoms with Crippen molar-refractivity contribution in [3.05, 3.63) is 59.8 Å². The van der Waals surface area contributed by atoms with Crippen molar-refractivity contribution in [1.82, 2.24) is 19.4 Å². The number of aromatic nitrogens is 3. The van der Waals surface area contributed by atoms with Crippen LogP contribution in [0.1, 0.15) is 40.6 Å². The topological polar surface area (TPSA) is 51.0 Å². The molecule has 0 radical (unpaired) electrons. The fraction of sp³-hybridized carbons (Fsp3) is 0.316. The van der Waals surface area contributed by atoms with E-state index in [9.17, 15) is 4.79 Å². The summed E-state index contributed by atoms with van der Waals surface area (Å²) < 4.78 is 2.09. The number of nitrogens with zero attached hydrogens (tertiary/aromatic N) is 4. The molecule has 0 aliphatic carbocycles.